The molecule has 0 radical (unpaired) electrons. The van der Waals surface area contributed by atoms with Crippen molar-refractivity contribution in [2.45, 2.75) is 25.7 Å². The molecule has 0 fully saturated rings. The van der Waals surface area contributed by atoms with Gasteiger partial charge in [0.05, 0.1) is 0 Å². The van der Waals surface area contributed by atoms with Crippen LogP contribution >= 0.6 is 0 Å². The van der Waals surface area contributed by atoms with Gasteiger partial charge in [-0.25, -0.2) is 0 Å². The monoisotopic (exact) mass is 206 g/mol. The molecule has 15 heavy (non-hydrogen) atoms. The Labute approximate surface area is 93.1 Å². The number of hydrogen-bond donors (Lipinski definition) is 2. The SMILES string of the molecule is CCCC1CNc2ccccc21.CNC. The van der Waals surface area contributed by atoms with Gasteiger partial charge in [-0.3, -0.25) is 0 Å². The van der Waals surface area contributed by atoms with E-state index in [2.05, 4.69) is 41.8 Å². The van der Waals surface area contributed by atoms with E-state index in [1.165, 1.54) is 24.1 Å². The zero-order valence-corrected chi connectivity index (χ0v) is 10.0. The molecule has 1 aromatic carbocycles. The molecule has 1 heterocycles. The van der Waals surface area contributed by atoms with Crippen LogP contribution in [0.5, 0.6) is 0 Å². The molecule has 1 unspecified atom stereocenters. The lowest BCUT2D eigenvalue weighted by Crippen LogP contribution is -2.00. The normalized spacial score (nSPS) is 17.4. The van der Waals surface area contributed by atoms with Gasteiger partial charge >= 0.3 is 0 Å². The smallest absolute Gasteiger partial charge is 0.0376 e. The summed E-state index contributed by atoms with van der Waals surface area (Å²) in [6.07, 6.45) is 2.59. The molecule has 0 amide bonds. The Morgan fingerprint density at radius 1 is 1.33 bits per heavy atom. The Morgan fingerprint density at radius 3 is 2.67 bits per heavy atom. The van der Waals surface area contributed by atoms with Crippen molar-refractivity contribution < 1.29 is 0 Å². The highest BCUT2D eigenvalue weighted by molar-refractivity contribution is 5.57. The second kappa shape index (κ2) is 6.46. The molecule has 1 aromatic rings. The number of benzene rings is 1. The maximum atomic E-state index is 3.44. The third kappa shape index (κ3) is 3.24. The highest BCUT2D eigenvalue weighted by Gasteiger charge is 2.19. The van der Waals surface area contributed by atoms with Gasteiger partial charge in [0.2, 0.25) is 0 Å². The van der Waals surface area contributed by atoms with Crippen molar-refractivity contribution in [3.05, 3.63) is 29.8 Å². The molecule has 0 bridgehead atoms. The van der Waals surface area contributed by atoms with Crippen LogP contribution in [-0.2, 0) is 0 Å². The number of hydrogen-bond acceptors (Lipinski definition) is 2. The van der Waals surface area contributed by atoms with Gasteiger partial charge in [-0.05, 0) is 32.1 Å². The van der Waals surface area contributed by atoms with Crippen LogP contribution in [0.2, 0.25) is 0 Å². The van der Waals surface area contributed by atoms with Crippen LogP contribution < -0.4 is 10.6 Å². The van der Waals surface area contributed by atoms with Crippen molar-refractivity contribution >= 4 is 5.69 Å². The molecule has 0 aliphatic carbocycles. The summed E-state index contributed by atoms with van der Waals surface area (Å²) in [5, 5.41) is 6.18. The van der Waals surface area contributed by atoms with E-state index in [9.17, 15) is 0 Å². The van der Waals surface area contributed by atoms with Gasteiger partial charge in [0.1, 0.15) is 0 Å². The van der Waals surface area contributed by atoms with E-state index >= 15 is 0 Å². The van der Waals surface area contributed by atoms with Gasteiger partial charge in [0, 0.05) is 18.2 Å². The molecule has 1 aliphatic heterocycles. The third-order valence-electron chi connectivity index (χ3n) is 2.58. The minimum absolute atomic E-state index is 0.756. The average molecular weight is 206 g/mol. The lowest BCUT2D eigenvalue weighted by Gasteiger charge is -2.06. The van der Waals surface area contributed by atoms with E-state index in [1.807, 2.05) is 14.1 Å². The van der Waals surface area contributed by atoms with Gasteiger partial charge in [-0.1, -0.05) is 31.5 Å². The first-order valence-electron chi connectivity index (χ1n) is 5.74. The number of nitrogens with one attached hydrogen (secondary N) is 2. The maximum Gasteiger partial charge on any atom is 0.0376 e. The van der Waals surface area contributed by atoms with E-state index < -0.39 is 0 Å². The van der Waals surface area contributed by atoms with Crippen LogP contribution in [-0.4, -0.2) is 20.6 Å². The van der Waals surface area contributed by atoms with Crippen molar-refractivity contribution in [3.63, 3.8) is 0 Å². The average Bonchev–Trinajstić information content (AvgIpc) is 2.64. The Bertz CT molecular complexity index is 282. The summed E-state index contributed by atoms with van der Waals surface area (Å²) in [7, 11) is 3.75. The Balaban J connectivity index is 0.000000337. The lowest BCUT2D eigenvalue weighted by atomic mass is 9.97. The Kier molecular flexibility index (Phi) is 5.19. The standard InChI is InChI=1S/C11H15N.C2H7N/c1-2-5-9-8-12-11-7-4-3-6-10(9)11;1-3-2/h3-4,6-7,9,12H,2,5,8H2,1H3;3H,1-2H3. The maximum absolute atomic E-state index is 3.44. The van der Waals surface area contributed by atoms with Gasteiger partial charge in [-0.2, -0.15) is 0 Å². The van der Waals surface area contributed by atoms with Gasteiger partial charge in [-0.15, -0.1) is 0 Å². The zero-order chi connectivity index (χ0) is 11.1. The van der Waals surface area contributed by atoms with Crippen molar-refractivity contribution in [2.24, 2.45) is 0 Å². The Morgan fingerprint density at radius 2 is 2.00 bits per heavy atom. The molecule has 2 heteroatoms. The summed E-state index contributed by atoms with van der Waals surface area (Å²) in [6.45, 7) is 3.38. The first kappa shape index (κ1) is 12.1. The fraction of sp³-hybridized carbons (Fsp3) is 0.538. The highest BCUT2D eigenvalue weighted by atomic mass is 14.9. The van der Waals surface area contributed by atoms with Crippen molar-refractivity contribution in [1.82, 2.24) is 5.32 Å². The molecule has 0 aromatic heterocycles. The first-order chi connectivity index (χ1) is 7.33. The number of anilines is 1. The summed E-state index contributed by atoms with van der Waals surface area (Å²) in [6, 6.07) is 8.65. The molecule has 0 saturated heterocycles. The van der Waals surface area contributed by atoms with E-state index in [0.717, 1.165) is 12.5 Å². The topological polar surface area (TPSA) is 24.1 Å². The summed E-state index contributed by atoms with van der Waals surface area (Å²) in [4.78, 5) is 0. The summed E-state index contributed by atoms with van der Waals surface area (Å²) >= 11 is 0. The minimum Gasteiger partial charge on any atom is -0.384 e. The van der Waals surface area contributed by atoms with Crippen LogP contribution in [0.25, 0.3) is 0 Å². The molecule has 0 spiro atoms. The quantitative estimate of drug-likeness (QED) is 0.777. The van der Waals surface area contributed by atoms with E-state index in [1.54, 1.807) is 0 Å². The second-order valence-electron chi connectivity index (χ2n) is 3.95. The largest absolute Gasteiger partial charge is 0.384 e. The molecule has 0 saturated carbocycles. The summed E-state index contributed by atoms with van der Waals surface area (Å²) < 4.78 is 0. The van der Waals surface area contributed by atoms with Gasteiger partial charge in [0.15, 0.2) is 0 Å². The van der Waals surface area contributed by atoms with Crippen molar-refractivity contribution in [3.8, 4) is 0 Å². The number of fused-ring (bicyclic) bond motifs is 1. The Hall–Kier alpha value is -1.02. The van der Waals surface area contributed by atoms with E-state index in [4.69, 9.17) is 0 Å². The fourth-order valence-corrected chi connectivity index (χ4v) is 1.96. The van der Waals surface area contributed by atoms with E-state index in [0.29, 0.717) is 0 Å². The number of para-hydroxylation sites is 1. The molecule has 2 nitrogen and oxygen atoms in total. The second-order valence-corrected chi connectivity index (χ2v) is 3.95. The summed E-state index contributed by atoms with van der Waals surface area (Å²) in [5.74, 6) is 0.756. The first-order valence-corrected chi connectivity index (χ1v) is 5.74. The van der Waals surface area contributed by atoms with Crippen LogP contribution in [0.4, 0.5) is 5.69 Å². The number of rotatable bonds is 2. The highest BCUT2D eigenvalue weighted by Crippen LogP contribution is 2.33. The molecule has 2 rings (SSSR count). The van der Waals surface area contributed by atoms with Crippen LogP contribution in [0.1, 0.15) is 31.2 Å². The van der Waals surface area contributed by atoms with Crippen LogP contribution in [0.15, 0.2) is 24.3 Å². The van der Waals surface area contributed by atoms with E-state index in [-0.39, 0.29) is 0 Å². The lowest BCUT2D eigenvalue weighted by molar-refractivity contribution is 0.661. The predicted octanol–water partition coefficient (Wildman–Crippen LogP) is 2.83. The van der Waals surface area contributed by atoms with Gasteiger partial charge in [0.25, 0.3) is 0 Å². The minimum atomic E-state index is 0.756. The molecular weight excluding hydrogens is 184 g/mol. The molecule has 2 N–H and O–H groups in total. The van der Waals surface area contributed by atoms with Crippen LogP contribution in [0, 0.1) is 0 Å². The molecule has 84 valence electrons. The molecule has 1 atom stereocenters. The van der Waals surface area contributed by atoms with Crippen molar-refractivity contribution in [2.75, 3.05) is 26.0 Å². The zero-order valence-electron chi connectivity index (χ0n) is 10.0. The van der Waals surface area contributed by atoms with Crippen molar-refractivity contribution in [1.29, 1.82) is 0 Å². The van der Waals surface area contributed by atoms with Crippen LogP contribution in [0.3, 0.4) is 0 Å². The molecular formula is C13H22N2. The summed E-state index contributed by atoms with van der Waals surface area (Å²) in [5.41, 5.74) is 2.86. The van der Waals surface area contributed by atoms with Gasteiger partial charge < -0.3 is 10.6 Å². The predicted molar refractivity (Wildman–Crippen MR) is 67.6 cm³/mol. The third-order valence-corrected chi connectivity index (χ3v) is 2.58. The molecule has 1 aliphatic rings. The fourth-order valence-electron chi connectivity index (χ4n) is 1.96.